The summed E-state index contributed by atoms with van der Waals surface area (Å²) in [4.78, 5) is 21.1. The van der Waals surface area contributed by atoms with E-state index in [0.717, 1.165) is 17.7 Å². The number of hydrogen-bond donors (Lipinski definition) is 2. The van der Waals surface area contributed by atoms with E-state index in [0.29, 0.717) is 23.5 Å². The van der Waals surface area contributed by atoms with Gasteiger partial charge in [0.05, 0.1) is 10.9 Å². The third kappa shape index (κ3) is 3.48. The molecule has 4 rings (SSSR count). The second kappa shape index (κ2) is 6.96. The molecule has 2 heterocycles. The number of thiol groups is 1. The number of aromatic nitrogens is 4. The highest BCUT2D eigenvalue weighted by molar-refractivity contribution is 7.80. The van der Waals surface area contributed by atoms with Crippen LogP contribution in [0.4, 0.5) is 8.78 Å². The van der Waals surface area contributed by atoms with Gasteiger partial charge in [-0.15, -0.1) is 0 Å². The van der Waals surface area contributed by atoms with Gasteiger partial charge in [-0.2, -0.15) is 22.1 Å². The molecule has 1 unspecified atom stereocenters. The van der Waals surface area contributed by atoms with Gasteiger partial charge in [-0.3, -0.25) is 9.89 Å². The molecule has 8 heteroatoms. The Labute approximate surface area is 158 Å². The van der Waals surface area contributed by atoms with Crippen molar-refractivity contribution in [3.63, 3.8) is 0 Å². The number of fused-ring (bicyclic) bond motifs is 1. The summed E-state index contributed by atoms with van der Waals surface area (Å²) >= 11 is 4.41. The molecule has 0 aliphatic heterocycles. The molecule has 0 aliphatic rings. The van der Waals surface area contributed by atoms with Crippen molar-refractivity contribution in [2.24, 2.45) is 0 Å². The topological polar surface area (TPSA) is 63.0 Å². The summed E-state index contributed by atoms with van der Waals surface area (Å²) in [6.07, 6.45) is 0.520. The monoisotopic (exact) mass is 384 g/mol. The average Bonchev–Trinajstić information content (AvgIpc) is 3.07. The lowest BCUT2D eigenvalue weighted by molar-refractivity contribution is 0.507. The van der Waals surface area contributed by atoms with Crippen LogP contribution in [0.15, 0.2) is 59.4 Å². The van der Waals surface area contributed by atoms with Gasteiger partial charge in [-0.25, -0.2) is 13.8 Å². The number of H-pyrrole nitrogens is 1. The zero-order valence-electron chi connectivity index (χ0n) is 13.9. The number of nitrogens with one attached hydrogen (secondary N) is 1. The molecule has 2 aromatic heterocycles. The molecule has 0 fully saturated rings. The van der Waals surface area contributed by atoms with Gasteiger partial charge in [-0.1, -0.05) is 36.4 Å². The minimum absolute atomic E-state index is 0.199. The standard InChI is InChI=1S/C19H14F2N4OS/c20-13-7-6-12(9-14(13)21)18(27)15-10-17(26)25-19(22-15)23-16(24-25)8-11-4-2-1-3-5-11/h1-7,9-10,18,27H,8H2,(H,22,23,24). The molecule has 1 N–H and O–H groups in total. The van der Waals surface area contributed by atoms with Crippen molar-refractivity contribution < 1.29 is 8.78 Å². The quantitative estimate of drug-likeness (QED) is 0.531. The van der Waals surface area contributed by atoms with Crippen LogP contribution in [0.1, 0.15) is 27.9 Å². The fourth-order valence-electron chi connectivity index (χ4n) is 2.80. The largest absolute Gasteiger partial charge is 0.275 e. The van der Waals surface area contributed by atoms with Crippen molar-refractivity contribution in [1.29, 1.82) is 0 Å². The molecule has 2 aromatic carbocycles. The van der Waals surface area contributed by atoms with Crippen LogP contribution in [0, 0.1) is 11.6 Å². The Balaban J connectivity index is 1.70. The summed E-state index contributed by atoms with van der Waals surface area (Å²) in [5.74, 6) is -1.13. The van der Waals surface area contributed by atoms with Crippen LogP contribution in [0.2, 0.25) is 0 Å². The molecule has 0 saturated carbocycles. The van der Waals surface area contributed by atoms with E-state index in [2.05, 4.69) is 27.7 Å². The van der Waals surface area contributed by atoms with E-state index in [4.69, 9.17) is 0 Å². The van der Waals surface area contributed by atoms with Crippen molar-refractivity contribution in [2.45, 2.75) is 11.7 Å². The van der Waals surface area contributed by atoms with Crippen LogP contribution in [0.5, 0.6) is 0 Å². The number of halogens is 2. The van der Waals surface area contributed by atoms with Gasteiger partial charge in [0.1, 0.15) is 5.82 Å². The van der Waals surface area contributed by atoms with E-state index in [-0.39, 0.29) is 11.3 Å². The summed E-state index contributed by atoms with van der Waals surface area (Å²) in [6, 6.07) is 14.5. The first kappa shape index (κ1) is 17.4. The lowest BCUT2D eigenvalue weighted by Gasteiger charge is -2.10. The second-order valence-electron chi connectivity index (χ2n) is 6.06. The van der Waals surface area contributed by atoms with Crippen molar-refractivity contribution in [3.05, 3.63) is 99.2 Å². The maximum atomic E-state index is 13.5. The Kier molecular flexibility index (Phi) is 4.49. The van der Waals surface area contributed by atoms with E-state index in [1.807, 2.05) is 30.3 Å². The van der Waals surface area contributed by atoms with Gasteiger partial charge in [0.15, 0.2) is 11.6 Å². The predicted octanol–water partition coefficient (Wildman–Crippen LogP) is 3.31. The zero-order chi connectivity index (χ0) is 19.0. The Hall–Kier alpha value is -3.00. The van der Waals surface area contributed by atoms with Gasteiger partial charge in [0.2, 0.25) is 0 Å². The van der Waals surface area contributed by atoms with Crippen LogP contribution >= 0.6 is 12.6 Å². The van der Waals surface area contributed by atoms with E-state index in [9.17, 15) is 13.6 Å². The SMILES string of the molecule is O=c1cc(C(S)c2ccc(F)c(F)c2)nc2nc(Cc3ccccc3)[nH]n12. The van der Waals surface area contributed by atoms with Crippen LogP contribution in [0.3, 0.4) is 0 Å². The van der Waals surface area contributed by atoms with Gasteiger partial charge in [0, 0.05) is 12.5 Å². The highest BCUT2D eigenvalue weighted by Crippen LogP contribution is 2.27. The molecule has 136 valence electrons. The number of benzene rings is 2. The molecule has 1 atom stereocenters. The van der Waals surface area contributed by atoms with Crippen molar-refractivity contribution >= 4 is 18.4 Å². The Morgan fingerprint density at radius 2 is 1.81 bits per heavy atom. The fourth-order valence-corrected chi connectivity index (χ4v) is 3.10. The summed E-state index contributed by atoms with van der Waals surface area (Å²) in [7, 11) is 0. The van der Waals surface area contributed by atoms with Crippen molar-refractivity contribution in [1.82, 2.24) is 19.6 Å². The van der Waals surface area contributed by atoms with E-state index >= 15 is 0 Å². The van der Waals surface area contributed by atoms with E-state index < -0.39 is 16.9 Å². The molecule has 0 spiro atoms. The normalized spacial score (nSPS) is 12.4. The summed E-state index contributed by atoms with van der Waals surface area (Å²) in [6.45, 7) is 0. The first-order valence-electron chi connectivity index (χ1n) is 8.17. The van der Waals surface area contributed by atoms with Gasteiger partial charge < -0.3 is 0 Å². The molecule has 0 saturated heterocycles. The minimum atomic E-state index is -0.978. The number of hydrogen-bond acceptors (Lipinski definition) is 4. The van der Waals surface area contributed by atoms with Crippen LogP contribution in [0.25, 0.3) is 5.78 Å². The van der Waals surface area contributed by atoms with Gasteiger partial charge in [-0.05, 0) is 23.3 Å². The van der Waals surface area contributed by atoms with Crippen LogP contribution in [-0.4, -0.2) is 19.6 Å². The lowest BCUT2D eigenvalue weighted by Crippen LogP contribution is -2.16. The molecule has 5 nitrogen and oxygen atoms in total. The zero-order valence-corrected chi connectivity index (χ0v) is 14.8. The number of aromatic amines is 1. The van der Waals surface area contributed by atoms with Crippen molar-refractivity contribution in [3.8, 4) is 0 Å². The first-order valence-corrected chi connectivity index (χ1v) is 8.68. The third-order valence-corrected chi connectivity index (χ3v) is 4.71. The number of nitrogens with zero attached hydrogens (tertiary/aromatic N) is 3. The molecule has 4 aromatic rings. The Morgan fingerprint density at radius 3 is 2.56 bits per heavy atom. The minimum Gasteiger partial charge on any atom is -0.275 e. The molecule has 0 radical (unpaired) electrons. The lowest BCUT2D eigenvalue weighted by atomic mass is 10.1. The van der Waals surface area contributed by atoms with Crippen LogP contribution in [-0.2, 0) is 6.42 Å². The molecular formula is C19H14F2N4OS. The van der Waals surface area contributed by atoms with Gasteiger partial charge in [0.25, 0.3) is 11.3 Å². The summed E-state index contributed by atoms with van der Waals surface area (Å²) in [5.41, 5.74) is 1.39. The fraction of sp³-hybridized carbons (Fsp3) is 0.105. The van der Waals surface area contributed by atoms with Crippen LogP contribution < -0.4 is 5.56 Å². The first-order chi connectivity index (χ1) is 13.0. The predicted molar refractivity (Wildman–Crippen MR) is 100 cm³/mol. The second-order valence-corrected chi connectivity index (χ2v) is 6.58. The van der Waals surface area contributed by atoms with Crippen molar-refractivity contribution in [2.75, 3.05) is 0 Å². The molecule has 0 bridgehead atoms. The Morgan fingerprint density at radius 1 is 1.04 bits per heavy atom. The van der Waals surface area contributed by atoms with E-state index in [1.54, 1.807) is 0 Å². The highest BCUT2D eigenvalue weighted by Gasteiger charge is 2.17. The molecule has 0 amide bonds. The molecule has 27 heavy (non-hydrogen) atoms. The molecular weight excluding hydrogens is 370 g/mol. The molecule has 0 aliphatic carbocycles. The highest BCUT2D eigenvalue weighted by atomic mass is 32.1. The Bertz CT molecular complexity index is 1170. The third-order valence-electron chi connectivity index (χ3n) is 4.15. The smallest absolute Gasteiger partial charge is 0.274 e. The summed E-state index contributed by atoms with van der Waals surface area (Å²) in [5, 5.41) is 2.24. The average molecular weight is 384 g/mol. The maximum Gasteiger partial charge on any atom is 0.274 e. The summed E-state index contributed by atoms with van der Waals surface area (Å²) < 4.78 is 27.9. The van der Waals surface area contributed by atoms with E-state index in [1.165, 1.54) is 16.6 Å². The van der Waals surface area contributed by atoms with Gasteiger partial charge >= 0.3 is 0 Å². The number of rotatable bonds is 4. The maximum absolute atomic E-state index is 13.5.